The molecule has 1 atom stereocenters. The Kier molecular flexibility index (Phi) is 2.65. The Morgan fingerprint density at radius 2 is 2.36 bits per heavy atom. The highest BCUT2D eigenvalue weighted by atomic mass is 19.1. The van der Waals surface area contributed by atoms with E-state index in [1.807, 2.05) is 0 Å². The van der Waals surface area contributed by atoms with E-state index in [0.717, 1.165) is 6.54 Å². The highest BCUT2D eigenvalue weighted by Crippen LogP contribution is 2.27. The molecule has 0 aliphatic carbocycles. The van der Waals surface area contributed by atoms with Crippen LogP contribution in [0.3, 0.4) is 0 Å². The standard InChI is InChI=1S/C10H12FNO2/c11-8-3-1-2-7(10(8)13)9-6-14-5-4-12-9/h1-3,9,12-13H,4-6H2/t9-/m0/s1. The van der Waals surface area contributed by atoms with Gasteiger partial charge in [0.2, 0.25) is 0 Å². The van der Waals surface area contributed by atoms with Gasteiger partial charge >= 0.3 is 0 Å². The van der Waals surface area contributed by atoms with Crippen molar-refractivity contribution in [2.45, 2.75) is 6.04 Å². The zero-order valence-corrected chi connectivity index (χ0v) is 7.66. The molecule has 1 aromatic carbocycles. The lowest BCUT2D eigenvalue weighted by Gasteiger charge is -2.24. The normalized spacial score (nSPS) is 22.2. The quantitative estimate of drug-likeness (QED) is 0.710. The fourth-order valence-corrected chi connectivity index (χ4v) is 1.58. The molecular formula is C10H12FNO2. The number of benzene rings is 1. The maximum atomic E-state index is 13.0. The molecule has 1 aliphatic rings. The van der Waals surface area contributed by atoms with Crippen LogP contribution in [0.25, 0.3) is 0 Å². The van der Waals surface area contributed by atoms with E-state index in [-0.39, 0.29) is 11.8 Å². The summed E-state index contributed by atoms with van der Waals surface area (Å²) in [6.07, 6.45) is 0. The molecule has 4 heteroatoms. The summed E-state index contributed by atoms with van der Waals surface area (Å²) in [6, 6.07) is 4.41. The van der Waals surface area contributed by atoms with Gasteiger partial charge in [-0.1, -0.05) is 12.1 Å². The molecule has 0 radical (unpaired) electrons. The van der Waals surface area contributed by atoms with E-state index in [1.54, 1.807) is 12.1 Å². The third-order valence-electron chi connectivity index (χ3n) is 2.32. The summed E-state index contributed by atoms with van der Waals surface area (Å²) in [5, 5.41) is 12.6. The number of aromatic hydroxyl groups is 1. The van der Waals surface area contributed by atoms with E-state index in [1.165, 1.54) is 6.07 Å². The van der Waals surface area contributed by atoms with E-state index >= 15 is 0 Å². The highest BCUT2D eigenvalue weighted by molar-refractivity contribution is 5.36. The second-order valence-corrected chi connectivity index (χ2v) is 3.26. The van der Waals surface area contributed by atoms with Crippen molar-refractivity contribution in [3.63, 3.8) is 0 Å². The summed E-state index contributed by atoms with van der Waals surface area (Å²) < 4.78 is 18.3. The van der Waals surface area contributed by atoms with Crippen LogP contribution in [0.15, 0.2) is 18.2 Å². The number of para-hydroxylation sites is 1. The maximum Gasteiger partial charge on any atom is 0.165 e. The van der Waals surface area contributed by atoms with Crippen LogP contribution < -0.4 is 5.32 Å². The molecule has 0 saturated carbocycles. The minimum Gasteiger partial charge on any atom is -0.505 e. The number of morpholine rings is 1. The molecule has 1 fully saturated rings. The summed E-state index contributed by atoms with van der Waals surface area (Å²) >= 11 is 0. The number of hydrogen-bond acceptors (Lipinski definition) is 3. The van der Waals surface area contributed by atoms with Crippen molar-refractivity contribution >= 4 is 0 Å². The van der Waals surface area contributed by atoms with Gasteiger partial charge in [-0.25, -0.2) is 4.39 Å². The van der Waals surface area contributed by atoms with Gasteiger partial charge in [-0.2, -0.15) is 0 Å². The maximum absolute atomic E-state index is 13.0. The third-order valence-corrected chi connectivity index (χ3v) is 2.32. The SMILES string of the molecule is Oc1c(F)cccc1[C@@H]1COCCN1. The summed E-state index contributed by atoms with van der Waals surface area (Å²) in [6.45, 7) is 1.85. The molecule has 0 aromatic heterocycles. The second kappa shape index (κ2) is 3.94. The van der Waals surface area contributed by atoms with Crippen LogP contribution in [-0.4, -0.2) is 24.9 Å². The molecule has 2 rings (SSSR count). The molecule has 2 N–H and O–H groups in total. The Bertz CT molecular complexity index is 324. The molecule has 0 bridgehead atoms. The molecule has 3 nitrogen and oxygen atoms in total. The molecule has 1 saturated heterocycles. The Balaban J connectivity index is 2.26. The summed E-state index contributed by atoms with van der Waals surface area (Å²) in [4.78, 5) is 0. The Morgan fingerprint density at radius 1 is 1.50 bits per heavy atom. The Labute approximate surface area is 81.5 Å². The molecule has 14 heavy (non-hydrogen) atoms. The van der Waals surface area contributed by atoms with Crippen molar-refractivity contribution in [2.75, 3.05) is 19.8 Å². The Hall–Kier alpha value is -1.13. The van der Waals surface area contributed by atoms with Crippen molar-refractivity contribution in [1.82, 2.24) is 5.32 Å². The van der Waals surface area contributed by atoms with Gasteiger partial charge in [0.05, 0.1) is 19.3 Å². The van der Waals surface area contributed by atoms with Gasteiger partial charge in [-0.05, 0) is 6.07 Å². The number of nitrogens with one attached hydrogen (secondary N) is 1. The van der Waals surface area contributed by atoms with Gasteiger partial charge in [0.15, 0.2) is 11.6 Å². The minimum atomic E-state index is -0.588. The first-order valence-electron chi connectivity index (χ1n) is 4.57. The van der Waals surface area contributed by atoms with Crippen LogP contribution in [0, 0.1) is 5.82 Å². The van der Waals surface area contributed by atoms with E-state index in [2.05, 4.69) is 5.32 Å². The molecule has 76 valence electrons. The number of phenols is 1. The lowest BCUT2D eigenvalue weighted by molar-refractivity contribution is 0.0759. The topological polar surface area (TPSA) is 41.5 Å². The third kappa shape index (κ3) is 1.71. The number of rotatable bonds is 1. The molecule has 0 amide bonds. The molecule has 1 heterocycles. The fourth-order valence-electron chi connectivity index (χ4n) is 1.58. The largest absolute Gasteiger partial charge is 0.505 e. The first-order valence-corrected chi connectivity index (χ1v) is 4.57. The van der Waals surface area contributed by atoms with Gasteiger partial charge in [0.1, 0.15) is 0 Å². The monoisotopic (exact) mass is 197 g/mol. The fraction of sp³-hybridized carbons (Fsp3) is 0.400. The van der Waals surface area contributed by atoms with E-state index < -0.39 is 5.82 Å². The van der Waals surface area contributed by atoms with Crippen molar-refractivity contribution in [3.8, 4) is 5.75 Å². The second-order valence-electron chi connectivity index (χ2n) is 3.26. The van der Waals surface area contributed by atoms with Crippen molar-refractivity contribution in [2.24, 2.45) is 0 Å². The first-order chi connectivity index (χ1) is 6.79. The van der Waals surface area contributed by atoms with Gasteiger partial charge in [0.25, 0.3) is 0 Å². The van der Waals surface area contributed by atoms with Gasteiger partial charge in [-0.3, -0.25) is 0 Å². The zero-order chi connectivity index (χ0) is 9.97. The Morgan fingerprint density at radius 3 is 3.07 bits per heavy atom. The zero-order valence-electron chi connectivity index (χ0n) is 7.66. The van der Waals surface area contributed by atoms with Crippen LogP contribution in [0.2, 0.25) is 0 Å². The summed E-state index contributed by atoms with van der Waals surface area (Å²) in [5.41, 5.74) is 0.560. The number of hydrogen-bond donors (Lipinski definition) is 2. The number of ether oxygens (including phenoxy) is 1. The lowest BCUT2D eigenvalue weighted by Crippen LogP contribution is -2.34. The van der Waals surface area contributed by atoms with Crippen LogP contribution in [-0.2, 0) is 4.74 Å². The van der Waals surface area contributed by atoms with Crippen LogP contribution in [0.5, 0.6) is 5.75 Å². The summed E-state index contributed by atoms with van der Waals surface area (Å²) in [7, 11) is 0. The number of phenolic OH excluding ortho intramolecular Hbond substituents is 1. The number of halogens is 1. The highest BCUT2D eigenvalue weighted by Gasteiger charge is 2.19. The van der Waals surface area contributed by atoms with Gasteiger partial charge in [-0.15, -0.1) is 0 Å². The molecule has 1 aromatic rings. The summed E-state index contributed by atoms with van der Waals surface area (Å²) in [5.74, 6) is -0.870. The first kappa shape index (κ1) is 9.43. The van der Waals surface area contributed by atoms with Crippen molar-refractivity contribution < 1.29 is 14.2 Å². The molecule has 1 aliphatic heterocycles. The molecule has 0 unspecified atom stereocenters. The molecule has 0 spiro atoms. The van der Waals surface area contributed by atoms with Gasteiger partial charge in [0, 0.05) is 12.1 Å². The van der Waals surface area contributed by atoms with Crippen molar-refractivity contribution in [1.29, 1.82) is 0 Å². The van der Waals surface area contributed by atoms with Crippen molar-refractivity contribution in [3.05, 3.63) is 29.6 Å². The predicted molar refractivity (Wildman–Crippen MR) is 49.6 cm³/mol. The minimum absolute atomic E-state index is 0.112. The van der Waals surface area contributed by atoms with Gasteiger partial charge < -0.3 is 15.2 Å². The molecular weight excluding hydrogens is 185 g/mol. The average Bonchev–Trinajstić information content (AvgIpc) is 2.23. The van der Waals surface area contributed by atoms with E-state index in [9.17, 15) is 9.50 Å². The van der Waals surface area contributed by atoms with Crippen LogP contribution in [0.4, 0.5) is 4.39 Å². The average molecular weight is 197 g/mol. The van der Waals surface area contributed by atoms with E-state index in [4.69, 9.17) is 4.74 Å². The predicted octanol–water partition coefficient (Wildman–Crippen LogP) is 1.19. The van der Waals surface area contributed by atoms with Crippen LogP contribution >= 0.6 is 0 Å². The smallest absolute Gasteiger partial charge is 0.165 e. The van der Waals surface area contributed by atoms with Crippen LogP contribution in [0.1, 0.15) is 11.6 Å². The van der Waals surface area contributed by atoms with E-state index in [0.29, 0.717) is 18.8 Å². The lowest BCUT2D eigenvalue weighted by atomic mass is 10.1.